The lowest BCUT2D eigenvalue weighted by atomic mass is 9.87. The lowest BCUT2D eigenvalue weighted by Gasteiger charge is -2.31. The minimum absolute atomic E-state index is 0.142. The minimum Gasteiger partial charge on any atom is -0.379 e. The van der Waals surface area contributed by atoms with E-state index >= 15 is 0 Å². The van der Waals surface area contributed by atoms with Crippen molar-refractivity contribution >= 4 is 17.2 Å². The van der Waals surface area contributed by atoms with Crippen molar-refractivity contribution in [2.24, 2.45) is 5.41 Å². The molecule has 8 heteroatoms. The fourth-order valence-electron chi connectivity index (χ4n) is 4.00. The number of amides is 1. The molecule has 0 aliphatic carbocycles. The van der Waals surface area contributed by atoms with Crippen LogP contribution in [0.15, 0.2) is 16.2 Å². The summed E-state index contributed by atoms with van der Waals surface area (Å²) in [4.78, 5) is 22.2. The molecule has 0 aromatic carbocycles. The van der Waals surface area contributed by atoms with Gasteiger partial charge in [0, 0.05) is 54.7 Å². The van der Waals surface area contributed by atoms with E-state index in [9.17, 15) is 4.79 Å². The first-order chi connectivity index (χ1) is 12.5. The fraction of sp³-hybridized carbons (Fsp3) is 0.611. The van der Waals surface area contributed by atoms with E-state index in [0.29, 0.717) is 26.2 Å². The summed E-state index contributed by atoms with van der Waals surface area (Å²) in [6, 6.07) is 0. The number of aromatic nitrogens is 2. The van der Waals surface area contributed by atoms with E-state index in [-0.39, 0.29) is 11.3 Å². The maximum Gasteiger partial charge on any atom is 0.223 e. The standard InChI is InChI=1S/C18H24N4O3S/c1-13-16(14(2)25-20-13)8-21-3-4-24-11-18(9-21)5-17(23)22(10-18)7-15-6-19-12-26-15/h6,12H,3-5,7-11H2,1-2H3/t18-/m1/s1. The molecule has 2 saturated heterocycles. The number of likely N-dealkylation sites (tertiary alicyclic amines) is 1. The first-order valence-corrected chi connectivity index (χ1v) is 9.80. The average Bonchev–Trinajstić information content (AvgIpc) is 3.25. The number of thiazole rings is 1. The van der Waals surface area contributed by atoms with Gasteiger partial charge in [-0.2, -0.15) is 0 Å². The van der Waals surface area contributed by atoms with Crippen LogP contribution >= 0.6 is 11.3 Å². The minimum atomic E-state index is -0.142. The van der Waals surface area contributed by atoms with Crippen LogP contribution in [0.25, 0.3) is 0 Å². The zero-order valence-electron chi connectivity index (χ0n) is 15.2. The quantitative estimate of drug-likeness (QED) is 0.813. The number of hydrogen-bond acceptors (Lipinski definition) is 7. The Labute approximate surface area is 156 Å². The van der Waals surface area contributed by atoms with Crippen LogP contribution < -0.4 is 0 Å². The van der Waals surface area contributed by atoms with E-state index in [1.165, 1.54) is 0 Å². The van der Waals surface area contributed by atoms with Crippen molar-refractivity contribution in [1.29, 1.82) is 0 Å². The Morgan fingerprint density at radius 1 is 1.31 bits per heavy atom. The van der Waals surface area contributed by atoms with Crippen LogP contribution in [0, 0.1) is 19.3 Å². The average molecular weight is 376 g/mol. The van der Waals surface area contributed by atoms with Crippen LogP contribution in [0.5, 0.6) is 0 Å². The van der Waals surface area contributed by atoms with Gasteiger partial charge in [-0.15, -0.1) is 11.3 Å². The number of aryl methyl sites for hydroxylation is 2. The molecule has 2 aromatic heterocycles. The van der Waals surface area contributed by atoms with Gasteiger partial charge in [-0.05, 0) is 13.8 Å². The van der Waals surface area contributed by atoms with Crippen molar-refractivity contribution in [2.75, 3.05) is 32.8 Å². The highest BCUT2D eigenvalue weighted by Crippen LogP contribution is 2.36. The van der Waals surface area contributed by atoms with E-state index in [4.69, 9.17) is 9.26 Å². The molecule has 0 bridgehead atoms. The summed E-state index contributed by atoms with van der Waals surface area (Å²) in [5, 5.41) is 4.06. The number of hydrogen-bond donors (Lipinski definition) is 0. The molecule has 26 heavy (non-hydrogen) atoms. The zero-order valence-corrected chi connectivity index (χ0v) is 16.0. The largest absolute Gasteiger partial charge is 0.379 e. The second kappa shape index (κ2) is 7.09. The van der Waals surface area contributed by atoms with Gasteiger partial charge in [-0.25, -0.2) is 0 Å². The first-order valence-electron chi connectivity index (χ1n) is 8.92. The van der Waals surface area contributed by atoms with Gasteiger partial charge in [0.1, 0.15) is 5.76 Å². The molecule has 1 spiro atoms. The highest BCUT2D eigenvalue weighted by Gasteiger charge is 2.45. The summed E-state index contributed by atoms with van der Waals surface area (Å²) in [5.74, 6) is 1.08. The normalized spacial score (nSPS) is 24.5. The summed E-state index contributed by atoms with van der Waals surface area (Å²) in [6.45, 7) is 9.13. The molecule has 2 aromatic rings. The Bertz CT molecular complexity index is 756. The van der Waals surface area contributed by atoms with Gasteiger partial charge < -0.3 is 14.2 Å². The fourth-order valence-corrected chi connectivity index (χ4v) is 4.61. The predicted octanol–water partition coefficient (Wildman–Crippen LogP) is 2.00. The molecule has 0 unspecified atom stereocenters. The van der Waals surface area contributed by atoms with Crippen LogP contribution in [-0.4, -0.2) is 58.7 Å². The molecule has 2 aliphatic heterocycles. The SMILES string of the molecule is Cc1noc(C)c1CN1CCOC[C@]2(CC(=O)N(Cc3cncs3)C2)C1. The van der Waals surface area contributed by atoms with E-state index < -0.39 is 0 Å². The lowest BCUT2D eigenvalue weighted by Crippen LogP contribution is -2.40. The smallest absolute Gasteiger partial charge is 0.223 e. The Morgan fingerprint density at radius 2 is 2.19 bits per heavy atom. The Balaban J connectivity index is 1.48. The van der Waals surface area contributed by atoms with Crippen LogP contribution in [0.1, 0.15) is 28.3 Å². The van der Waals surface area contributed by atoms with Gasteiger partial charge in [0.05, 0.1) is 31.0 Å². The molecule has 4 rings (SSSR count). The van der Waals surface area contributed by atoms with Crippen molar-refractivity contribution < 1.29 is 14.1 Å². The predicted molar refractivity (Wildman–Crippen MR) is 96.7 cm³/mol. The Morgan fingerprint density at radius 3 is 2.92 bits per heavy atom. The second-order valence-electron chi connectivity index (χ2n) is 7.46. The molecule has 0 N–H and O–H groups in total. The number of carbonyl (C=O) groups excluding carboxylic acids is 1. The number of ether oxygens (including phenoxy) is 1. The molecule has 2 fully saturated rings. The molecular weight excluding hydrogens is 352 g/mol. The summed E-state index contributed by atoms with van der Waals surface area (Å²) in [6.07, 6.45) is 2.39. The number of rotatable bonds is 4. The Hall–Kier alpha value is -1.77. The van der Waals surface area contributed by atoms with E-state index in [2.05, 4.69) is 15.0 Å². The van der Waals surface area contributed by atoms with Crippen molar-refractivity contribution in [3.05, 3.63) is 33.6 Å². The van der Waals surface area contributed by atoms with Crippen molar-refractivity contribution in [1.82, 2.24) is 19.9 Å². The maximum atomic E-state index is 12.6. The molecule has 140 valence electrons. The van der Waals surface area contributed by atoms with Crippen molar-refractivity contribution in [3.8, 4) is 0 Å². The monoisotopic (exact) mass is 376 g/mol. The summed E-state index contributed by atoms with van der Waals surface area (Å²) < 4.78 is 11.2. The number of nitrogens with zero attached hydrogens (tertiary/aromatic N) is 4. The third kappa shape index (κ3) is 3.54. The highest BCUT2D eigenvalue weighted by molar-refractivity contribution is 7.09. The molecule has 1 atom stereocenters. The molecule has 0 saturated carbocycles. The summed E-state index contributed by atoms with van der Waals surface area (Å²) >= 11 is 1.59. The van der Waals surface area contributed by atoms with Gasteiger partial charge in [0.2, 0.25) is 5.91 Å². The van der Waals surface area contributed by atoms with Crippen molar-refractivity contribution in [3.63, 3.8) is 0 Å². The van der Waals surface area contributed by atoms with E-state index in [1.54, 1.807) is 11.3 Å². The molecule has 1 amide bonds. The van der Waals surface area contributed by atoms with Crippen LogP contribution in [0.3, 0.4) is 0 Å². The molecule has 2 aliphatic rings. The van der Waals surface area contributed by atoms with Gasteiger partial charge in [0.25, 0.3) is 0 Å². The topological polar surface area (TPSA) is 71.7 Å². The summed E-state index contributed by atoms with van der Waals surface area (Å²) in [7, 11) is 0. The van der Waals surface area contributed by atoms with Gasteiger partial charge in [-0.3, -0.25) is 14.7 Å². The third-order valence-corrected chi connectivity index (χ3v) is 6.08. The van der Waals surface area contributed by atoms with E-state index in [1.807, 2.05) is 30.5 Å². The molecular formula is C18H24N4O3S. The van der Waals surface area contributed by atoms with Gasteiger partial charge in [0.15, 0.2) is 0 Å². The van der Waals surface area contributed by atoms with Crippen molar-refractivity contribution in [2.45, 2.75) is 33.4 Å². The van der Waals surface area contributed by atoms with E-state index in [0.717, 1.165) is 48.1 Å². The molecule has 4 heterocycles. The zero-order chi connectivity index (χ0) is 18.1. The molecule has 0 radical (unpaired) electrons. The summed E-state index contributed by atoms with van der Waals surface area (Å²) in [5.41, 5.74) is 3.76. The van der Waals surface area contributed by atoms with Gasteiger partial charge in [-0.1, -0.05) is 5.16 Å². The lowest BCUT2D eigenvalue weighted by molar-refractivity contribution is -0.128. The second-order valence-corrected chi connectivity index (χ2v) is 8.43. The highest BCUT2D eigenvalue weighted by atomic mass is 32.1. The van der Waals surface area contributed by atoms with Crippen LogP contribution in [0.4, 0.5) is 0 Å². The van der Waals surface area contributed by atoms with Crippen LogP contribution in [-0.2, 0) is 22.6 Å². The Kier molecular flexibility index (Phi) is 4.81. The number of carbonyl (C=O) groups is 1. The van der Waals surface area contributed by atoms with Crippen LogP contribution in [0.2, 0.25) is 0 Å². The third-order valence-electron chi connectivity index (χ3n) is 5.32. The molecule has 7 nitrogen and oxygen atoms in total. The maximum absolute atomic E-state index is 12.6. The van der Waals surface area contributed by atoms with Gasteiger partial charge >= 0.3 is 0 Å². The first kappa shape index (κ1) is 17.6.